The summed E-state index contributed by atoms with van der Waals surface area (Å²) in [6, 6.07) is 13.4. The Balaban J connectivity index is 2.55. The predicted molar refractivity (Wildman–Crippen MR) is 64.1 cm³/mol. The van der Waals surface area contributed by atoms with E-state index in [-0.39, 0.29) is 0 Å². The van der Waals surface area contributed by atoms with Crippen molar-refractivity contribution >= 4 is 16.5 Å². The lowest BCUT2D eigenvalue weighted by molar-refractivity contribution is 0.280. The van der Waals surface area contributed by atoms with Gasteiger partial charge in [-0.25, -0.2) is 0 Å². The maximum atomic E-state index is 8.72. The fraction of sp³-hybridized carbons (Fsp3) is 0.154. The molecule has 3 heteroatoms. The number of nitriles is 1. The van der Waals surface area contributed by atoms with Crippen molar-refractivity contribution in [1.82, 2.24) is 0 Å². The first kappa shape index (κ1) is 10.3. The molecule has 1 atom stereocenters. The zero-order valence-corrected chi connectivity index (χ0v) is 8.97. The fourth-order valence-electron chi connectivity index (χ4n) is 1.61. The molecule has 0 aliphatic heterocycles. The van der Waals surface area contributed by atoms with Crippen LogP contribution in [0.15, 0.2) is 36.4 Å². The zero-order chi connectivity index (χ0) is 11.5. The van der Waals surface area contributed by atoms with Gasteiger partial charge in [-0.3, -0.25) is 0 Å². The minimum absolute atomic E-state index is 0.466. The summed E-state index contributed by atoms with van der Waals surface area (Å²) in [5.74, 6) is 0.693. The van der Waals surface area contributed by atoms with Crippen LogP contribution >= 0.6 is 0 Å². The molecule has 3 nitrogen and oxygen atoms in total. The SMILES string of the molecule is CC(C#N)Oc1ccc(N)c2ccccc12. The van der Waals surface area contributed by atoms with E-state index in [4.69, 9.17) is 15.7 Å². The molecule has 2 aromatic rings. The van der Waals surface area contributed by atoms with Crippen molar-refractivity contribution in [1.29, 1.82) is 5.26 Å². The van der Waals surface area contributed by atoms with Gasteiger partial charge in [-0.15, -0.1) is 0 Å². The van der Waals surface area contributed by atoms with E-state index in [1.54, 1.807) is 19.1 Å². The molecule has 16 heavy (non-hydrogen) atoms. The Morgan fingerprint density at radius 1 is 1.19 bits per heavy atom. The minimum Gasteiger partial charge on any atom is -0.475 e. The highest BCUT2D eigenvalue weighted by Gasteiger charge is 2.07. The summed E-state index contributed by atoms with van der Waals surface area (Å²) in [6.07, 6.45) is -0.466. The summed E-state index contributed by atoms with van der Waals surface area (Å²) < 4.78 is 5.52. The van der Waals surface area contributed by atoms with Crippen LogP contribution in [0.5, 0.6) is 5.75 Å². The topological polar surface area (TPSA) is 59.0 Å². The van der Waals surface area contributed by atoms with Gasteiger partial charge in [0.2, 0.25) is 0 Å². The number of nitrogens with zero attached hydrogens (tertiary/aromatic N) is 1. The number of rotatable bonds is 2. The van der Waals surface area contributed by atoms with Crippen molar-refractivity contribution in [3.8, 4) is 11.8 Å². The molecule has 0 heterocycles. The maximum absolute atomic E-state index is 8.72. The van der Waals surface area contributed by atoms with Gasteiger partial charge in [0, 0.05) is 16.5 Å². The van der Waals surface area contributed by atoms with Crippen molar-refractivity contribution in [3.05, 3.63) is 36.4 Å². The highest BCUT2D eigenvalue weighted by molar-refractivity contribution is 5.96. The van der Waals surface area contributed by atoms with E-state index in [1.165, 1.54) is 0 Å². The Morgan fingerprint density at radius 2 is 1.88 bits per heavy atom. The Morgan fingerprint density at radius 3 is 2.56 bits per heavy atom. The Labute approximate surface area is 94.1 Å². The second-order valence-corrected chi connectivity index (χ2v) is 3.59. The zero-order valence-electron chi connectivity index (χ0n) is 8.97. The van der Waals surface area contributed by atoms with Crippen molar-refractivity contribution in [2.45, 2.75) is 13.0 Å². The molecular weight excluding hydrogens is 200 g/mol. The fourth-order valence-corrected chi connectivity index (χ4v) is 1.61. The average Bonchev–Trinajstić information content (AvgIpc) is 2.33. The smallest absolute Gasteiger partial charge is 0.181 e. The molecule has 0 bridgehead atoms. The number of ether oxygens (including phenoxy) is 1. The lowest BCUT2D eigenvalue weighted by atomic mass is 10.1. The lowest BCUT2D eigenvalue weighted by Gasteiger charge is -2.11. The largest absolute Gasteiger partial charge is 0.475 e. The molecule has 0 amide bonds. The van der Waals surface area contributed by atoms with Gasteiger partial charge in [0.1, 0.15) is 11.8 Å². The van der Waals surface area contributed by atoms with Crippen LogP contribution in [0.3, 0.4) is 0 Å². The number of benzene rings is 2. The van der Waals surface area contributed by atoms with Crippen LogP contribution < -0.4 is 10.5 Å². The highest BCUT2D eigenvalue weighted by atomic mass is 16.5. The first-order valence-electron chi connectivity index (χ1n) is 5.06. The molecule has 80 valence electrons. The summed E-state index contributed by atoms with van der Waals surface area (Å²) in [5, 5.41) is 10.6. The quantitative estimate of drug-likeness (QED) is 0.778. The van der Waals surface area contributed by atoms with Crippen molar-refractivity contribution < 1.29 is 4.74 Å². The van der Waals surface area contributed by atoms with Crippen LogP contribution in [-0.2, 0) is 0 Å². The molecule has 0 saturated heterocycles. The lowest BCUT2D eigenvalue weighted by Crippen LogP contribution is -2.08. The van der Waals surface area contributed by atoms with E-state index in [0.717, 1.165) is 10.8 Å². The number of hydrogen-bond donors (Lipinski definition) is 1. The summed E-state index contributed by atoms with van der Waals surface area (Å²) in [5.41, 5.74) is 6.58. The third kappa shape index (κ3) is 1.78. The molecule has 2 aromatic carbocycles. The van der Waals surface area contributed by atoms with E-state index in [0.29, 0.717) is 11.4 Å². The van der Waals surface area contributed by atoms with Crippen LogP contribution in [0.2, 0.25) is 0 Å². The number of nitrogen functional groups attached to an aromatic ring is 1. The van der Waals surface area contributed by atoms with Gasteiger partial charge in [0.15, 0.2) is 6.10 Å². The summed E-state index contributed by atoms with van der Waals surface area (Å²) in [6.45, 7) is 1.71. The number of anilines is 1. The van der Waals surface area contributed by atoms with Gasteiger partial charge in [0.05, 0.1) is 0 Å². The predicted octanol–water partition coefficient (Wildman–Crippen LogP) is 2.71. The Hall–Kier alpha value is -2.21. The van der Waals surface area contributed by atoms with Crippen molar-refractivity contribution in [2.75, 3.05) is 5.73 Å². The van der Waals surface area contributed by atoms with Crippen LogP contribution in [0.25, 0.3) is 10.8 Å². The van der Waals surface area contributed by atoms with Crippen molar-refractivity contribution in [3.63, 3.8) is 0 Å². The average molecular weight is 212 g/mol. The molecule has 0 saturated carbocycles. The molecule has 2 N–H and O–H groups in total. The molecule has 1 unspecified atom stereocenters. The third-order valence-corrected chi connectivity index (χ3v) is 2.40. The molecule has 0 spiro atoms. The molecule has 0 radical (unpaired) electrons. The second-order valence-electron chi connectivity index (χ2n) is 3.59. The standard InChI is InChI=1S/C13H12N2O/c1-9(8-14)16-13-7-6-12(15)10-4-2-3-5-11(10)13/h2-7,9H,15H2,1H3. The first-order valence-corrected chi connectivity index (χ1v) is 5.06. The van der Waals surface area contributed by atoms with Gasteiger partial charge in [-0.1, -0.05) is 24.3 Å². The van der Waals surface area contributed by atoms with Crippen LogP contribution in [0.4, 0.5) is 5.69 Å². The Kier molecular flexibility index (Phi) is 2.65. The molecule has 0 aliphatic carbocycles. The number of hydrogen-bond acceptors (Lipinski definition) is 3. The van der Waals surface area contributed by atoms with E-state index in [9.17, 15) is 0 Å². The van der Waals surface area contributed by atoms with E-state index < -0.39 is 6.10 Å². The molecule has 0 aliphatic rings. The maximum Gasteiger partial charge on any atom is 0.181 e. The van der Waals surface area contributed by atoms with Gasteiger partial charge in [-0.2, -0.15) is 5.26 Å². The van der Waals surface area contributed by atoms with Crippen LogP contribution in [0.1, 0.15) is 6.92 Å². The summed E-state index contributed by atoms with van der Waals surface area (Å²) >= 11 is 0. The monoisotopic (exact) mass is 212 g/mol. The molecule has 2 rings (SSSR count). The van der Waals surface area contributed by atoms with Crippen LogP contribution in [-0.4, -0.2) is 6.10 Å². The van der Waals surface area contributed by atoms with Gasteiger partial charge < -0.3 is 10.5 Å². The third-order valence-electron chi connectivity index (χ3n) is 2.40. The van der Waals surface area contributed by atoms with Crippen LogP contribution in [0, 0.1) is 11.3 Å². The number of nitrogens with two attached hydrogens (primary N) is 1. The van der Waals surface area contributed by atoms with Gasteiger partial charge in [-0.05, 0) is 19.1 Å². The number of fused-ring (bicyclic) bond motifs is 1. The van der Waals surface area contributed by atoms with E-state index in [2.05, 4.69) is 0 Å². The van der Waals surface area contributed by atoms with E-state index >= 15 is 0 Å². The van der Waals surface area contributed by atoms with Gasteiger partial charge in [0.25, 0.3) is 0 Å². The molecule has 0 fully saturated rings. The molecule has 0 aromatic heterocycles. The minimum atomic E-state index is -0.466. The first-order chi connectivity index (χ1) is 7.72. The summed E-state index contributed by atoms with van der Waals surface area (Å²) in [7, 11) is 0. The van der Waals surface area contributed by atoms with Gasteiger partial charge >= 0.3 is 0 Å². The second kappa shape index (κ2) is 4.11. The normalized spacial score (nSPS) is 12.0. The van der Waals surface area contributed by atoms with Crippen molar-refractivity contribution in [2.24, 2.45) is 0 Å². The van der Waals surface area contributed by atoms with E-state index in [1.807, 2.05) is 30.3 Å². The summed E-state index contributed by atoms with van der Waals surface area (Å²) in [4.78, 5) is 0. The highest BCUT2D eigenvalue weighted by Crippen LogP contribution is 2.30. The molecular formula is C13H12N2O. The Bertz CT molecular complexity index is 557.